The Labute approximate surface area is 142 Å². The predicted octanol–water partition coefficient (Wildman–Crippen LogP) is 3.69. The van der Waals surface area contributed by atoms with E-state index in [4.69, 9.17) is 9.15 Å². The van der Waals surface area contributed by atoms with Crippen molar-refractivity contribution in [2.75, 3.05) is 18.5 Å². The van der Waals surface area contributed by atoms with Crippen molar-refractivity contribution in [2.45, 2.75) is 52.0 Å². The number of hydrogen-bond acceptors (Lipinski definition) is 4. The monoisotopic (exact) mass is 331 g/mol. The molecule has 0 saturated carbocycles. The van der Waals surface area contributed by atoms with E-state index in [2.05, 4.69) is 31.2 Å². The maximum atomic E-state index is 12.7. The standard InChI is InChI=1S/C18H25N3O3/c1-12-14(10-15(24-12)18(2,3)4)17(22)20-16-7-8-19-21(16)13-6-5-9-23-11-13/h7-8,10,13H,5-6,9,11H2,1-4H3,(H,20,22). The lowest BCUT2D eigenvalue weighted by atomic mass is 9.93. The average molecular weight is 331 g/mol. The number of hydrogen-bond donors (Lipinski definition) is 1. The summed E-state index contributed by atoms with van der Waals surface area (Å²) in [5, 5.41) is 7.31. The molecule has 1 amide bonds. The van der Waals surface area contributed by atoms with E-state index in [0.717, 1.165) is 25.2 Å². The zero-order valence-corrected chi connectivity index (χ0v) is 14.8. The minimum atomic E-state index is -0.176. The highest BCUT2D eigenvalue weighted by Crippen LogP contribution is 2.28. The molecule has 1 aliphatic rings. The first-order valence-electron chi connectivity index (χ1n) is 8.40. The third-order valence-corrected chi connectivity index (χ3v) is 4.30. The summed E-state index contributed by atoms with van der Waals surface area (Å²) in [5.74, 6) is 1.95. The van der Waals surface area contributed by atoms with Gasteiger partial charge in [-0.05, 0) is 25.8 Å². The second kappa shape index (κ2) is 6.43. The van der Waals surface area contributed by atoms with Gasteiger partial charge in [0.15, 0.2) is 0 Å². The van der Waals surface area contributed by atoms with Crippen LogP contribution in [-0.2, 0) is 10.2 Å². The fraction of sp³-hybridized carbons (Fsp3) is 0.556. The highest BCUT2D eigenvalue weighted by Gasteiger charge is 2.24. The van der Waals surface area contributed by atoms with Crippen LogP contribution in [0.3, 0.4) is 0 Å². The number of anilines is 1. The van der Waals surface area contributed by atoms with Crippen LogP contribution in [0, 0.1) is 6.92 Å². The molecule has 2 aromatic rings. The molecule has 6 heteroatoms. The zero-order chi connectivity index (χ0) is 17.3. The van der Waals surface area contributed by atoms with Gasteiger partial charge in [-0.3, -0.25) is 4.79 Å². The van der Waals surface area contributed by atoms with Gasteiger partial charge in [0.25, 0.3) is 5.91 Å². The molecule has 1 fully saturated rings. The van der Waals surface area contributed by atoms with Gasteiger partial charge >= 0.3 is 0 Å². The molecule has 6 nitrogen and oxygen atoms in total. The number of amides is 1. The van der Waals surface area contributed by atoms with Crippen molar-refractivity contribution in [1.29, 1.82) is 0 Å². The number of aromatic nitrogens is 2. The Balaban J connectivity index is 1.79. The Hall–Kier alpha value is -2.08. The molecule has 0 aliphatic carbocycles. The lowest BCUT2D eigenvalue weighted by Crippen LogP contribution is -2.25. The zero-order valence-electron chi connectivity index (χ0n) is 14.8. The molecule has 1 N–H and O–H groups in total. The summed E-state index contributed by atoms with van der Waals surface area (Å²) in [6, 6.07) is 3.81. The molecule has 0 spiro atoms. The van der Waals surface area contributed by atoms with Crippen molar-refractivity contribution in [3.63, 3.8) is 0 Å². The summed E-state index contributed by atoms with van der Waals surface area (Å²) in [6.07, 6.45) is 3.71. The summed E-state index contributed by atoms with van der Waals surface area (Å²) in [7, 11) is 0. The summed E-state index contributed by atoms with van der Waals surface area (Å²) in [5.41, 5.74) is 0.428. The summed E-state index contributed by atoms with van der Waals surface area (Å²) < 4.78 is 13.1. The van der Waals surface area contributed by atoms with Crippen LogP contribution in [0.15, 0.2) is 22.7 Å². The molecule has 0 radical (unpaired) electrons. The topological polar surface area (TPSA) is 69.3 Å². The van der Waals surface area contributed by atoms with Crippen LogP contribution in [0.2, 0.25) is 0 Å². The number of carbonyl (C=O) groups excluding carboxylic acids is 1. The minimum absolute atomic E-state index is 0.134. The van der Waals surface area contributed by atoms with Crippen LogP contribution >= 0.6 is 0 Å². The van der Waals surface area contributed by atoms with E-state index in [1.165, 1.54) is 0 Å². The summed E-state index contributed by atoms with van der Waals surface area (Å²) >= 11 is 0. The van der Waals surface area contributed by atoms with Crippen LogP contribution in [0.4, 0.5) is 5.82 Å². The molecule has 1 atom stereocenters. The van der Waals surface area contributed by atoms with Gasteiger partial charge in [-0.25, -0.2) is 4.68 Å². The Morgan fingerprint density at radius 1 is 1.42 bits per heavy atom. The number of carbonyl (C=O) groups is 1. The van der Waals surface area contributed by atoms with Crippen molar-refractivity contribution in [2.24, 2.45) is 0 Å². The second-order valence-electron chi connectivity index (χ2n) is 7.32. The molecular formula is C18H25N3O3. The molecular weight excluding hydrogens is 306 g/mol. The molecule has 130 valence electrons. The SMILES string of the molecule is Cc1oc(C(C)(C)C)cc1C(=O)Nc1ccnn1C1CCCOC1. The molecule has 24 heavy (non-hydrogen) atoms. The fourth-order valence-corrected chi connectivity index (χ4v) is 2.88. The third kappa shape index (κ3) is 3.38. The Morgan fingerprint density at radius 3 is 2.83 bits per heavy atom. The first kappa shape index (κ1) is 16.8. The van der Waals surface area contributed by atoms with Gasteiger partial charge in [-0.2, -0.15) is 5.10 Å². The van der Waals surface area contributed by atoms with Crippen LogP contribution in [-0.4, -0.2) is 28.9 Å². The lowest BCUT2D eigenvalue weighted by Gasteiger charge is -2.24. The van der Waals surface area contributed by atoms with E-state index in [0.29, 0.717) is 23.7 Å². The molecule has 0 bridgehead atoms. The Bertz CT molecular complexity index is 718. The Kier molecular flexibility index (Phi) is 4.49. The number of furan rings is 1. The van der Waals surface area contributed by atoms with Crippen LogP contribution in [0.5, 0.6) is 0 Å². The van der Waals surface area contributed by atoms with Crippen molar-refractivity contribution in [3.8, 4) is 0 Å². The second-order valence-corrected chi connectivity index (χ2v) is 7.32. The molecule has 1 unspecified atom stereocenters. The fourth-order valence-electron chi connectivity index (χ4n) is 2.88. The van der Waals surface area contributed by atoms with E-state index in [9.17, 15) is 4.79 Å². The van der Waals surface area contributed by atoms with Crippen molar-refractivity contribution in [1.82, 2.24) is 9.78 Å². The first-order valence-corrected chi connectivity index (χ1v) is 8.40. The van der Waals surface area contributed by atoms with E-state index >= 15 is 0 Å². The molecule has 2 aromatic heterocycles. The maximum Gasteiger partial charge on any atom is 0.260 e. The van der Waals surface area contributed by atoms with Gasteiger partial charge in [-0.1, -0.05) is 20.8 Å². The Morgan fingerprint density at radius 2 is 2.21 bits per heavy atom. The van der Waals surface area contributed by atoms with Crippen molar-refractivity contribution < 1.29 is 13.9 Å². The highest BCUT2D eigenvalue weighted by atomic mass is 16.5. The van der Waals surface area contributed by atoms with E-state index in [-0.39, 0.29) is 17.4 Å². The van der Waals surface area contributed by atoms with Crippen LogP contribution < -0.4 is 5.32 Å². The number of ether oxygens (including phenoxy) is 1. The molecule has 3 heterocycles. The number of nitrogens with one attached hydrogen (secondary N) is 1. The quantitative estimate of drug-likeness (QED) is 0.931. The molecule has 1 saturated heterocycles. The average Bonchev–Trinajstić information content (AvgIpc) is 3.14. The largest absolute Gasteiger partial charge is 0.465 e. The van der Waals surface area contributed by atoms with Crippen LogP contribution in [0.25, 0.3) is 0 Å². The highest BCUT2D eigenvalue weighted by molar-refractivity contribution is 6.04. The van der Waals surface area contributed by atoms with Gasteiger partial charge in [0.2, 0.25) is 0 Å². The maximum absolute atomic E-state index is 12.7. The first-order chi connectivity index (χ1) is 11.4. The summed E-state index contributed by atoms with van der Waals surface area (Å²) in [4.78, 5) is 12.7. The van der Waals surface area contributed by atoms with Crippen LogP contribution in [0.1, 0.15) is 61.5 Å². The predicted molar refractivity (Wildman–Crippen MR) is 91.4 cm³/mol. The minimum Gasteiger partial charge on any atom is -0.465 e. The van der Waals surface area contributed by atoms with Gasteiger partial charge in [-0.15, -0.1) is 0 Å². The van der Waals surface area contributed by atoms with E-state index in [1.54, 1.807) is 6.20 Å². The number of nitrogens with zero attached hydrogens (tertiary/aromatic N) is 2. The van der Waals surface area contributed by atoms with E-state index < -0.39 is 0 Å². The molecule has 1 aliphatic heterocycles. The smallest absolute Gasteiger partial charge is 0.260 e. The number of aryl methyl sites for hydroxylation is 1. The van der Waals surface area contributed by atoms with Crippen molar-refractivity contribution >= 4 is 11.7 Å². The van der Waals surface area contributed by atoms with Gasteiger partial charge in [0.1, 0.15) is 17.3 Å². The van der Waals surface area contributed by atoms with Gasteiger partial charge in [0, 0.05) is 18.1 Å². The molecule has 0 aromatic carbocycles. The number of rotatable bonds is 3. The van der Waals surface area contributed by atoms with Gasteiger partial charge < -0.3 is 14.5 Å². The van der Waals surface area contributed by atoms with Gasteiger partial charge in [0.05, 0.1) is 24.4 Å². The van der Waals surface area contributed by atoms with E-state index in [1.807, 2.05) is 23.7 Å². The lowest BCUT2D eigenvalue weighted by molar-refractivity contribution is 0.0556. The van der Waals surface area contributed by atoms with Crippen molar-refractivity contribution in [3.05, 3.63) is 35.4 Å². The third-order valence-electron chi connectivity index (χ3n) is 4.30. The molecule has 3 rings (SSSR count). The summed E-state index contributed by atoms with van der Waals surface area (Å²) in [6.45, 7) is 9.42. The normalized spacial score (nSPS) is 18.6.